The predicted molar refractivity (Wildman–Crippen MR) is 72.3 cm³/mol. The van der Waals surface area contributed by atoms with Crippen LogP contribution in [0.25, 0.3) is 0 Å². The zero-order valence-corrected chi connectivity index (χ0v) is 11.5. The zero-order chi connectivity index (χ0) is 12.5. The van der Waals surface area contributed by atoms with Gasteiger partial charge in [0.05, 0.1) is 12.7 Å². The van der Waals surface area contributed by atoms with Gasteiger partial charge in [-0.25, -0.2) is 0 Å². The summed E-state index contributed by atoms with van der Waals surface area (Å²) >= 11 is 0. The summed E-state index contributed by atoms with van der Waals surface area (Å²) in [4.78, 5) is 4.74. The summed E-state index contributed by atoms with van der Waals surface area (Å²) in [5, 5.41) is 0. The summed E-state index contributed by atoms with van der Waals surface area (Å²) in [6.07, 6.45) is 4.41. The first-order valence-electron chi connectivity index (χ1n) is 6.95. The SMILES string of the molecule is CC(CN(C)CCN)OCCN1CCCCC1. The summed E-state index contributed by atoms with van der Waals surface area (Å²) in [5.74, 6) is 0. The summed E-state index contributed by atoms with van der Waals surface area (Å²) in [6, 6.07) is 0. The van der Waals surface area contributed by atoms with Crippen molar-refractivity contribution in [2.24, 2.45) is 5.73 Å². The lowest BCUT2D eigenvalue weighted by atomic mass is 10.1. The molecule has 1 rings (SSSR count). The Kier molecular flexibility index (Phi) is 7.77. The van der Waals surface area contributed by atoms with Gasteiger partial charge in [0.15, 0.2) is 0 Å². The molecule has 0 aromatic heterocycles. The Morgan fingerprint density at radius 3 is 2.65 bits per heavy atom. The number of hydrogen-bond acceptors (Lipinski definition) is 4. The van der Waals surface area contributed by atoms with E-state index >= 15 is 0 Å². The van der Waals surface area contributed by atoms with Crippen LogP contribution < -0.4 is 5.73 Å². The van der Waals surface area contributed by atoms with Gasteiger partial charge in [-0.3, -0.25) is 0 Å². The van der Waals surface area contributed by atoms with Gasteiger partial charge in [0.1, 0.15) is 0 Å². The third-order valence-corrected chi connectivity index (χ3v) is 3.34. The van der Waals surface area contributed by atoms with Crippen molar-refractivity contribution in [3.8, 4) is 0 Å². The van der Waals surface area contributed by atoms with Crippen molar-refractivity contribution in [2.45, 2.75) is 32.3 Å². The molecule has 1 atom stereocenters. The molecule has 0 saturated carbocycles. The molecule has 0 aromatic carbocycles. The second kappa shape index (κ2) is 8.86. The quantitative estimate of drug-likeness (QED) is 0.684. The fourth-order valence-corrected chi connectivity index (χ4v) is 2.37. The summed E-state index contributed by atoms with van der Waals surface area (Å²) in [7, 11) is 2.09. The van der Waals surface area contributed by atoms with Crippen molar-refractivity contribution in [3.05, 3.63) is 0 Å². The molecule has 2 N–H and O–H groups in total. The van der Waals surface area contributed by atoms with Crippen LogP contribution in [0.3, 0.4) is 0 Å². The van der Waals surface area contributed by atoms with E-state index in [2.05, 4.69) is 23.8 Å². The highest BCUT2D eigenvalue weighted by molar-refractivity contribution is 4.65. The Balaban J connectivity index is 2.00. The minimum absolute atomic E-state index is 0.302. The largest absolute Gasteiger partial charge is 0.376 e. The lowest BCUT2D eigenvalue weighted by Crippen LogP contribution is -2.36. The Morgan fingerprint density at radius 2 is 2.00 bits per heavy atom. The van der Waals surface area contributed by atoms with Gasteiger partial charge in [0.2, 0.25) is 0 Å². The average molecular weight is 243 g/mol. The van der Waals surface area contributed by atoms with Crippen molar-refractivity contribution in [3.63, 3.8) is 0 Å². The van der Waals surface area contributed by atoms with Crippen LogP contribution in [-0.2, 0) is 4.74 Å². The van der Waals surface area contributed by atoms with E-state index in [0.29, 0.717) is 6.10 Å². The Labute approximate surface area is 106 Å². The maximum atomic E-state index is 5.84. The van der Waals surface area contributed by atoms with E-state index in [0.717, 1.165) is 32.8 Å². The third-order valence-electron chi connectivity index (χ3n) is 3.34. The number of piperidine rings is 1. The maximum absolute atomic E-state index is 5.84. The highest BCUT2D eigenvalue weighted by Gasteiger charge is 2.11. The van der Waals surface area contributed by atoms with Crippen LogP contribution in [0.15, 0.2) is 0 Å². The van der Waals surface area contributed by atoms with Gasteiger partial charge in [0.25, 0.3) is 0 Å². The van der Waals surface area contributed by atoms with Gasteiger partial charge in [-0.2, -0.15) is 0 Å². The van der Waals surface area contributed by atoms with Gasteiger partial charge >= 0.3 is 0 Å². The van der Waals surface area contributed by atoms with Crippen LogP contribution in [-0.4, -0.2) is 68.8 Å². The van der Waals surface area contributed by atoms with Crippen LogP contribution in [0.2, 0.25) is 0 Å². The van der Waals surface area contributed by atoms with Crippen molar-refractivity contribution >= 4 is 0 Å². The Hall–Kier alpha value is -0.160. The molecule has 4 nitrogen and oxygen atoms in total. The van der Waals surface area contributed by atoms with E-state index < -0.39 is 0 Å². The standard InChI is InChI=1S/C13H29N3O/c1-13(12-15(2)9-6-14)17-11-10-16-7-4-3-5-8-16/h13H,3-12,14H2,1-2H3. The topological polar surface area (TPSA) is 41.7 Å². The van der Waals surface area contributed by atoms with E-state index in [4.69, 9.17) is 10.5 Å². The number of hydrogen-bond donors (Lipinski definition) is 1. The Bertz CT molecular complexity index is 184. The van der Waals surface area contributed by atoms with E-state index in [-0.39, 0.29) is 0 Å². The first-order chi connectivity index (χ1) is 8.22. The fraction of sp³-hybridized carbons (Fsp3) is 1.00. The summed E-state index contributed by atoms with van der Waals surface area (Å²) in [6.45, 7) is 9.23. The summed E-state index contributed by atoms with van der Waals surface area (Å²) < 4.78 is 5.84. The normalized spacial score (nSPS) is 19.8. The second-order valence-corrected chi connectivity index (χ2v) is 5.13. The second-order valence-electron chi connectivity index (χ2n) is 5.13. The van der Waals surface area contributed by atoms with E-state index in [9.17, 15) is 0 Å². The van der Waals surface area contributed by atoms with Crippen LogP contribution in [0, 0.1) is 0 Å². The number of nitrogens with zero attached hydrogens (tertiary/aromatic N) is 2. The molecular weight excluding hydrogens is 214 g/mol. The molecule has 1 fully saturated rings. The number of nitrogens with two attached hydrogens (primary N) is 1. The molecule has 0 amide bonds. The van der Waals surface area contributed by atoms with Crippen LogP contribution in [0.5, 0.6) is 0 Å². The Morgan fingerprint density at radius 1 is 1.29 bits per heavy atom. The van der Waals surface area contributed by atoms with Crippen molar-refractivity contribution in [2.75, 3.05) is 52.9 Å². The summed E-state index contributed by atoms with van der Waals surface area (Å²) in [5.41, 5.74) is 5.51. The van der Waals surface area contributed by atoms with Crippen molar-refractivity contribution in [1.82, 2.24) is 9.80 Å². The first-order valence-corrected chi connectivity index (χ1v) is 6.95. The van der Waals surface area contributed by atoms with Gasteiger partial charge in [-0.1, -0.05) is 6.42 Å². The number of likely N-dealkylation sites (N-methyl/N-ethyl adjacent to an activating group) is 1. The molecule has 102 valence electrons. The molecule has 0 aliphatic carbocycles. The molecule has 0 spiro atoms. The average Bonchev–Trinajstić information content (AvgIpc) is 2.30. The lowest BCUT2D eigenvalue weighted by Gasteiger charge is -2.27. The van der Waals surface area contributed by atoms with E-state index in [1.165, 1.54) is 32.4 Å². The molecule has 1 aliphatic rings. The molecule has 0 radical (unpaired) electrons. The maximum Gasteiger partial charge on any atom is 0.0674 e. The molecular formula is C13H29N3O. The lowest BCUT2D eigenvalue weighted by molar-refractivity contribution is 0.0279. The molecule has 1 aliphatic heterocycles. The minimum atomic E-state index is 0.302. The fourth-order valence-electron chi connectivity index (χ4n) is 2.37. The number of ether oxygens (including phenoxy) is 1. The highest BCUT2D eigenvalue weighted by atomic mass is 16.5. The predicted octanol–water partition coefficient (Wildman–Crippen LogP) is 0.768. The molecule has 4 heteroatoms. The van der Waals surface area contributed by atoms with E-state index in [1.54, 1.807) is 0 Å². The van der Waals surface area contributed by atoms with Gasteiger partial charge in [-0.15, -0.1) is 0 Å². The third kappa shape index (κ3) is 6.99. The smallest absolute Gasteiger partial charge is 0.0674 e. The molecule has 1 saturated heterocycles. The van der Waals surface area contributed by atoms with Crippen LogP contribution >= 0.6 is 0 Å². The molecule has 1 heterocycles. The molecule has 1 unspecified atom stereocenters. The van der Waals surface area contributed by atoms with Gasteiger partial charge in [0, 0.05) is 26.2 Å². The molecule has 17 heavy (non-hydrogen) atoms. The van der Waals surface area contributed by atoms with Crippen molar-refractivity contribution in [1.29, 1.82) is 0 Å². The zero-order valence-electron chi connectivity index (χ0n) is 11.5. The van der Waals surface area contributed by atoms with Crippen LogP contribution in [0.4, 0.5) is 0 Å². The van der Waals surface area contributed by atoms with Crippen molar-refractivity contribution < 1.29 is 4.74 Å². The van der Waals surface area contributed by atoms with E-state index in [1.807, 2.05) is 0 Å². The number of likely N-dealkylation sites (tertiary alicyclic amines) is 1. The molecule has 0 aromatic rings. The monoisotopic (exact) mass is 243 g/mol. The van der Waals surface area contributed by atoms with Gasteiger partial charge in [-0.05, 0) is 39.9 Å². The van der Waals surface area contributed by atoms with Gasteiger partial charge < -0.3 is 20.3 Å². The molecule has 0 bridgehead atoms. The first kappa shape index (κ1) is 14.9. The number of rotatable bonds is 8. The van der Waals surface area contributed by atoms with Crippen LogP contribution in [0.1, 0.15) is 26.2 Å². The minimum Gasteiger partial charge on any atom is -0.376 e. The highest BCUT2D eigenvalue weighted by Crippen LogP contribution is 2.08.